The number of aromatic nitrogens is 1. The summed E-state index contributed by atoms with van der Waals surface area (Å²) in [6.07, 6.45) is 4.27. The minimum Gasteiger partial charge on any atom is -0.470 e. The summed E-state index contributed by atoms with van der Waals surface area (Å²) >= 11 is 6.03. The summed E-state index contributed by atoms with van der Waals surface area (Å²) in [5, 5.41) is 0.433. The van der Waals surface area contributed by atoms with Crippen molar-refractivity contribution in [3.8, 4) is 5.88 Å². The number of hydrogen-bond donors (Lipinski definition) is 0. The molecule has 2 aromatic rings. The van der Waals surface area contributed by atoms with Crippen molar-refractivity contribution >= 4 is 27.5 Å². The number of piperidine rings is 1. The molecule has 3 heterocycles. The average molecular weight is 436 g/mol. The van der Waals surface area contributed by atoms with E-state index in [9.17, 15) is 13.2 Å². The maximum Gasteiger partial charge on any atom is 0.254 e. The molecule has 0 spiro atoms. The molecule has 0 atom stereocenters. The molecule has 2 aliphatic rings. The number of sulfonamides is 1. The van der Waals surface area contributed by atoms with Crippen molar-refractivity contribution in [2.24, 2.45) is 0 Å². The van der Waals surface area contributed by atoms with Crippen LogP contribution in [-0.2, 0) is 10.0 Å². The molecule has 9 heteroatoms. The van der Waals surface area contributed by atoms with Crippen LogP contribution in [0.15, 0.2) is 47.5 Å². The van der Waals surface area contributed by atoms with Crippen LogP contribution in [0.4, 0.5) is 0 Å². The van der Waals surface area contributed by atoms with E-state index in [0.717, 1.165) is 19.3 Å². The van der Waals surface area contributed by atoms with E-state index in [0.29, 0.717) is 42.6 Å². The predicted molar refractivity (Wildman–Crippen MR) is 109 cm³/mol. The zero-order valence-corrected chi connectivity index (χ0v) is 17.4. The summed E-state index contributed by atoms with van der Waals surface area (Å²) in [6, 6.07) is 9.59. The largest absolute Gasteiger partial charge is 0.470 e. The van der Waals surface area contributed by atoms with E-state index in [1.165, 1.54) is 16.4 Å². The molecular formula is C20H22ClN3O4S. The molecular weight excluding hydrogens is 414 g/mol. The van der Waals surface area contributed by atoms with Gasteiger partial charge in [-0.3, -0.25) is 4.79 Å². The van der Waals surface area contributed by atoms with Gasteiger partial charge in [0.15, 0.2) is 0 Å². The SMILES string of the molecule is O=C(c1ccc(S(=O)(=O)N2CCCCC2)cc1)N1CC(Oc2ncccc2Cl)C1. The zero-order valence-electron chi connectivity index (χ0n) is 15.8. The standard InChI is InChI=1S/C20H22ClN3O4S/c21-18-5-4-10-22-19(18)28-16-13-23(14-16)20(25)15-6-8-17(9-7-15)29(26,27)24-11-2-1-3-12-24/h4-10,16H,1-3,11-14H2. The van der Waals surface area contributed by atoms with Gasteiger partial charge in [0.2, 0.25) is 15.9 Å². The lowest BCUT2D eigenvalue weighted by Crippen LogP contribution is -2.56. The van der Waals surface area contributed by atoms with E-state index in [2.05, 4.69) is 4.98 Å². The van der Waals surface area contributed by atoms with Gasteiger partial charge in [-0.05, 0) is 49.2 Å². The minimum atomic E-state index is -3.49. The van der Waals surface area contributed by atoms with Crippen molar-refractivity contribution in [1.82, 2.24) is 14.2 Å². The van der Waals surface area contributed by atoms with E-state index in [-0.39, 0.29) is 16.9 Å². The summed E-state index contributed by atoms with van der Waals surface area (Å²) < 4.78 is 32.6. The third-order valence-electron chi connectivity index (χ3n) is 5.19. The van der Waals surface area contributed by atoms with Crippen LogP contribution in [0.25, 0.3) is 0 Å². The lowest BCUT2D eigenvalue weighted by molar-refractivity contribution is 0.0160. The summed E-state index contributed by atoms with van der Waals surface area (Å²) in [5.74, 6) is 0.206. The number of nitrogens with zero attached hydrogens (tertiary/aromatic N) is 3. The summed E-state index contributed by atoms with van der Waals surface area (Å²) in [4.78, 5) is 18.6. The molecule has 7 nitrogen and oxygen atoms in total. The fraction of sp³-hybridized carbons (Fsp3) is 0.400. The van der Waals surface area contributed by atoms with Crippen LogP contribution in [0.2, 0.25) is 5.02 Å². The fourth-order valence-corrected chi connectivity index (χ4v) is 5.18. The minimum absolute atomic E-state index is 0.154. The van der Waals surface area contributed by atoms with Gasteiger partial charge in [-0.25, -0.2) is 13.4 Å². The smallest absolute Gasteiger partial charge is 0.254 e. The number of ether oxygens (including phenoxy) is 1. The maximum atomic E-state index is 12.7. The highest BCUT2D eigenvalue weighted by atomic mass is 35.5. The van der Waals surface area contributed by atoms with E-state index >= 15 is 0 Å². The monoisotopic (exact) mass is 435 g/mol. The molecule has 0 radical (unpaired) electrons. The van der Waals surface area contributed by atoms with Crippen LogP contribution in [0, 0.1) is 0 Å². The van der Waals surface area contributed by atoms with Crippen LogP contribution in [0.1, 0.15) is 29.6 Å². The van der Waals surface area contributed by atoms with Crippen molar-refractivity contribution < 1.29 is 17.9 Å². The molecule has 154 valence electrons. The van der Waals surface area contributed by atoms with Gasteiger partial charge in [0.1, 0.15) is 11.1 Å². The van der Waals surface area contributed by atoms with Gasteiger partial charge in [-0.2, -0.15) is 4.31 Å². The number of rotatable bonds is 5. The normalized spacial score (nSPS) is 18.3. The molecule has 0 unspecified atom stereocenters. The van der Waals surface area contributed by atoms with Crippen LogP contribution >= 0.6 is 11.6 Å². The molecule has 1 aromatic heterocycles. The Kier molecular flexibility index (Phi) is 5.76. The third-order valence-corrected chi connectivity index (χ3v) is 7.39. The Bertz CT molecular complexity index is 985. The molecule has 29 heavy (non-hydrogen) atoms. The summed E-state index contributed by atoms with van der Waals surface area (Å²) in [5.41, 5.74) is 0.455. The number of amides is 1. The molecule has 0 saturated carbocycles. The predicted octanol–water partition coefficient (Wildman–Crippen LogP) is 2.81. The van der Waals surface area contributed by atoms with Crippen molar-refractivity contribution in [2.45, 2.75) is 30.3 Å². The highest BCUT2D eigenvalue weighted by Gasteiger charge is 2.34. The van der Waals surface area contributed by atoms with Crippen molar-refractivity contribution in [2.75, 3.05) is 26.2 Å². The van der Waals surface area contributed by atoms with Gasteiger partial charge >= 0.3 is 0 Å². The van der Waals surface area contributed by atoms with Crippen molar-refractivity contribution in [3.63, 3.8) is 0 Å². The fourth-order valence-electron chi connectivity index (χ4n) is 3.50. The Morgan fingerprint density at radius 3 is 2.41 bits per heavy atom. The number of hydrogen-bond acceptors (Lipinski definition) is 5. The second kappa shape index (κ2) is 8.30. The molecule has 1 amide bonds. The Balaban J connectivity index is 1.36. The molecule has 1 aromatic carbocycles. The molecule has 0 N–H and O–H groups in total. The van der Waals surface area contributed by atoms with Crippen molar-refractivity contribution in [1.29, 1.82) is 0 Å². The Morgan fingerprint density at radius 1 is 1.07 bits per heavy atom. The molecule has 2 saturated heterocycles. The van der Waals surface area contributed by atoms with Crippen LogP contribution in [0.3, 0.4) is 0 Å². The first-order valence-electron chi connectivity index (χ1n) is 9.62. The first kappa shape index (κ1) is 20.1. The van der Waals surface area contributed by atoms with Gasteiger partial charge in [0, 0.05) is 24.8 Å². The zero-order chi connectivity index (χ0) is 20.4. The average Bonchev–Trinajstić information content (AvgIpc) is 2.72. The van der Waals surface area contributed by atoms with E-state index in [4.69, 9.17) is 16.3 Å². The van der Waals surface area contributed by atoms with E-state index in [1.54, 1.807) is 35.4 Å². The van der Waals surface area contributed by atoms with Crippen LogP contribution < -0.4 is 4.74 Å². The first-order chi connectivity index (χ1) is 13.9. The second-order valence-corrected chi connectivity index (χ2v) is 9.57. The van der Waals surface area contributed by atoms with Gasteiger partial charge in [0.05, 0.1) is 18.0 Å². The molecule has 0 bridgehead atoms. The van der Waals surface area contributed by atoms with Crippen LogP contribution in [0.5, 0.6) is 5.88 Å². The Hall–Kier alpha value is -2.16. The molecule has 2 aliphatic heterocycles. The second-order valence-electron chi connectivity index (χ2n) is 7.23. The number of pyridine rings is 1. The van der Waals surface area contributed by atoms with E-state index < -0.39 is 10.0 Å². The van der Waals surface area contributed by atoms with Gasteiger partial charge in [-0.1, -0.05) is 18.0 Å². The van der Waals surface area contributed by atoms with Crippen molar-refractivity contribution in [3.05, 3.63) is 53.2 Å². The van der Waals surface area contributed by atoms with Gasteiger partial charge in [0.25, 0.3) is 5.91 Å². The maximum absolute atomic E-state index is 12.7. The van der Waals surface area contributed by atoms with Crippen LogP contribution in [-0.4, -0.2) is 60.8 Å². The lowest BCUT2D eigenvalue weighted by atomic mass is 10.1. The first-order valence-corrected chi connectivity index (χ1v) is 11.4. The highest BCUT2D eigenvalue weighted by molar-refractivity contribution is 7.89. The number of carbonyl (C=O) groups excluding carboxylic acids is 1. The molecule has 0 aliphatic carbocycles. The third kappa shape index (κ3) is 4.24. The number of likely N-dealkylation sites (tertiary alicyclic amines) is 1. The summed E-state index contributed by atoms with van der Waals surface area (Å²) in [6.45, 7) is 1.97. The molecule has 2 fully saturated rings. The quantitative estimate of drug-likeness (QED) is 0.721. The molecule has 4 rings (SSSR count). The number of halogens is 1. The van der Waals surface area contributed by atoms with E-state index in [1.807, 2.05) is 0 Å². The number of carbonyl (C=O) groups is 1. The highest BCUT2D eigenvalue weighted by Crippen LogP contribution is 2.25. The summed E-state index contributed by atoms with van der Waals surface area (Å²) in [7, 11) is -3.49. The van der Waals surface area contributed by atoms with Gasteiger partial charge < -0.3 is 9.64 Å². The Morgan fingerprint density at radius 2 is 1.76 bits per heavy atom. The Labute approximate surface area is 175 Å². The van der Waals surface area contributed by atoms with Gasteiger partial charge in [-0.15, -0.1) is 0 Å². The number of benzene rings is 1. The lowest BCUT2D eigenvalue weighted by Gasteiger charge is -2.38. The topological polar surface area (TPSA) is 79.8 Å².